The van der Waals surface area contributed by atoms with E-state index in [1.54, 1.807) is 36.5 Å². The number of carbonyl (C=O) groups is 1. The molecule has 1 aliphatic rings. The fraction of sp³-hybridized carbons (Fsp3) is 0.421. The van der Waals surface area contributed by atoms with Gasteiger partial charge < -0.3 is 24.2 Å². The summed E-state index contributed by atoms with van der Waals surface area (Å²) in [4.78, 5) is 14.7. The quantitative estimate of drug-likeness (QED) is 0.836. The first-order valence-electron chi connectivity index (χ1n) is 8.42. The highest BCUT2D eigenvalue weighted by molar-refractivity contribution is 7.08. The second kappa shape index (κ2) is 8.53. The van der Waals surface area contributed by atoms with E-state index in [-0.39, 0.29) is 18.6 Å². The number of thiophene rings is 1. The predicted molar refractivity (Wildman–Crippen MR) is 98.8 cm³/mol. The fourth-order valence-corrected chi connectivity index (χ4v) is 3.94. The molecule has 26 heavy (non-hydrogen) atoms. The van der Waals surface area contributed by atoms with Crippen molar-refractivity contribution in [2.24, 2.45) is 0 Å². The molecule has 2 heterocycles. The molecule has 1 aromatic heterocycles. The molecule has 7 heteroatoms. The molecule has 1 saturated heterocycles. The lowest BCUT2D eigenvalue weighted by Crippen LogP contribution is -2.49. The van der Waals surface area contributed by atoms with Crippen LogP contribution < -0.4 is 9.47 Å². The van der Waals surface area contributed by atoms with E-state index in [2.05, 4.69) is 0 Å². The summed E-state index contributed by atoms with van der Waals surface area (Å²) in [7, 11) is 3.15. The van der Waals surface area contributed by atoms with Crippen molar-refractivity contribution in [1.82, 2.24) is 4.90 Å². The Labute approximate surface area is 156 Å². The van der Waals surface area contributed by atoms with Gasteiger partial charge in [-0.3, -0.25) is 4.79 Å². The minimum atomic E-state index is -0.478. The van der Waals surface area contributed by atoms with Crippen LogP contribution in [-0.2, 0) is 16.0 Å². The Kier molecular flexibility index (Phi) is 6.13. The third-order valence-corrected chi connectivity index (χ3v) is 5.27. The van der Waals surface area contributed by atoms with Gasteiger partial charge in [-0.1, -0.05) is 6.07 Å². The van der Waals surface area contributed by atoms with E-state index in [1.807, 2.05) is 29.0 Å². The second-order valence-corrected chi connectivity index (χ2v) is 6.83. The average Bonchev–Trinajstić information content (AvgIpc) is 3.19. The van der Waals surface area contributed by atoms with Crippen molar-refractivity contribution in [2.75, 3.05) is 34.0 Å². The van der Waals surface area contributed by atoms with Crippen LogP contribution in [0.15, 0.2) is 35.0 Å². The number of amides is 1. The Morgan fingerprint density at radius 2 is 2.12 bits per heavy atom. The minimum absolute atomic E-state index is 0.0185. The van der Waals surface area contributed by atoms with Gasteiger partial charge in [0.25, 0.3) is 0 Å². The molecule has 2 aromatic rings. The molecule has 1 N–H and O–H groups in total. The molecule has 0 radical (unpaired) electrons. The number of aliphatic hydroxyl groups excluding tert-OH is 1. The molecule has 1 amide bonds. The molecule has 6 nitrogen and oxygen atoms in total. The predicted octanol–water partition coefficient (Wildman–Crippen LogP) is 2.27. The zero-order valence-electron chi connectivity index (χ0n) is 14.9. The molecular formula is C19H23NO5S. The van der Waals surface area contributed by atoms with E-state index in [1.165, 1.54) is 0 Å². The van der Waals surface area contributed by atoms with E-state index >= 15 is 0 Å². The van der Waals surface area contributed by atoms with Crippen LogP contribution in [0.25, 0.3) is 0 Å². The van der Waals surface area contributed by atoms with Crippen molar-refractivity contribution in [2.45, 2.75) is 18.6 Å². The van der Waals surface area contributed by atoms with Crippen molar-refractivity contribution >= 4 is 17.2 Å². The normalized spacial score (nSPS) is 20.0. The van der Waals surface area contributed by atoms with Crippen molar-refractivity contribution < 1.29 is 24.1 Å². The molecule has 0 spiro atoms. The van der Waals surface area contributed by atoms with Crippen molar-refractivity contribution in [3.05, 3.63) is 46.2 Å². The van der Waals surface area contributed by atoms with Gasteiger partial charge in [-0.25, -0.2) is 0 Å². The van der Waals surface area contributed by atoms with Gasteiger partial charge in [-0.15, -0.1) is 0 Å². The van der Waals surface area contributed by atoms with Crippen molar-refractivity contribution in [3.8, 4) is 11.5 Å². The van der Waals surface area contributed by atoms with Gasteiger partial charge in [0.05, 0.1) is 39.9 Å². The zero-order valence-corrected chi connectivity index (χ0v) is 15.7. The average molecular weight is 377 g/mol. The van der Waals surface area contributed by atoms with Crippen LogP contribution in [0.2, 0.25) is 0 Å². The maximum absolute atomic E-state index is 12.9. The van der Waals surface area contributed by atoms with Gasteiger partial charge >= 0.3 is 0 Å². The lowest BCUT2D eigenvalue weighted by molar-refractivity contribution is -0.149. The molecule has 0 aliphatic carbocycles. The molecule has 0 unspecified atom stereocenters. The third kappa shape index (κ3) is 3.85. The van der Waals surface area contributed by atoms with Crippen LogP contribution in [0.3, 0.4) is 0 Å². The molecule has 0 bridgehead atoms. The van der Waals surface area contributed by atoms with Gasteiger partial charge in [0.15, 0.2) is 11.5 Å². The monoisotopic (exact) mass is 377 g/mol. The number of methoxy groups -OCH3 is 2. The van der Waals surface area contributed by atoms with Gasteiger partial charge in [-0.2, -0.15) is 11.3 Å². The molecule has 1 fully saturated rings. The fourth-order valence-electron chi connectivity index (χ4n) is 3.27. The smallest absolute Gasteiger partial charge is 0.227 e. The number of aliphatic hydroxyl groups is 1. The summed E-state index contributed by atoms with van der Waals surface area (Å²) in [5.41, 5.74) is 1.85. The highest BCUT2D eigenvalue weighted by Gasteiger charge is 2.36. The molecular weight excluding hydrogens is 354 g/mol. The van der Waals surface area contributed by atoms with Crippen molar-refractivity contribution in [1.29, 1.82) is 0 Å². The maximum Gasteiger partial charge on any atom is 0.227 e. The summed E-state index contributed by atoms with van der Waals surface area (Å²) >= 11 is 1.57. The molecule has 0 saturated carbocycles. The standard InChI is InChI=1S/C19H23NO5S/c1-23-15-4-3-14(10-16(15)24-2)19-17(11-21)25-7-6-20(19)18(22)9-13-5-8-26-12-13/h3-5,8,10,12,17,19,21H,6-7,9,11H2,1-2H3/t17-,19-/m1/s1. The Morgan fingerprint density at radius 1 is 1.31 bits per heavy atom. The summed E-state index contributed by atoms with van der Waals surface area (Å²) in [6.07, 6.45) is -0.140. The van der Waals surface area contributed by atoms with E-state index < -0.39 is 6.10 Å². The summed E-state index contributed by atoms with van der Waals surface area (Å²) < 4.78 is 16.4. The summed E-state index contributed by atoms with van der Waals surface area (Å²) in [5.74, 6) is 1.21. The number of rotatable bonds is 6. The van der Waals surface area contributed by atoms with E-state index in [0.717, 1.165) is 11.1 Å². The minimum Gasteiger partial charge on any atom is -0.493 e. The Hall–Kier alpha value is -2.09. The largest absolute Gasteiger partial charge is 0.493 e. The van der Waals surface area contributed by atoms with Crippen LogP contribution in [-0.4, -0.2) is 56.0 Å². The third-order valence-electron chi connectivity index (χ3n) is 4.54. The Morgan fingerprint density at radius 3 is 2.77 bits per heavy atom. The zero-order chi connectivity index (χ0) is 18.5. The van der Waals surface area contributed by atoms with Crippen molar-refractivity contribution in [3.63, 3.8) is 0 Å². The summed E-state index contributed by atoms with van der Waals surface area (Å²) in [6.45, 7) is 0.726. The molecule has 3 rings (SSSR count). The van der Waals surface area contributed by atoms with Gasteiger partial charge in [-0.05, 0) is 40.1 Å². The van der Waals surface area contributed by atoms with E-state index in [9.17, 15) is 9.90 Å². The van der Waals surface area contributed by atoms with E-state index in [0.29, 0.717) is 31.1 Å². The molecule has 2 atom stereocenters. The Bertz CT molecular complexity index is 734. The lowest BCUT2D eigenvalue weighted by atomic mass is 9.97. The van der Waals surface area contributed by atoms with Crippen LogP contribution in [0.4, 0.5) is 0 Å². The van der Waals surface area contributed by atoms with Crippen LogP contribution in [0.1, 0.15) is 17.2 Å². The first kappa shape index (κ1) is 18.7. The number of nitrogens with zero attached hydrogens (tertiary/aromatic N) is 1. The molecule has 1 aromatic carbocycles. The van der Waals surface area contributed by atoms with Crippen LogP contribution in [0, 0.1) is 0 Å². The SMILES string of the molecule is COc1ccc([C@@H]2[C@@H](CO)OCCN2C(=O)Cc2ccsc2)cc1OC. The number of hydrogen-bond donors (Lipinski definition) is 1. The van der Waals surface area contributed by atoms with Gasteiger partial charge in [0.1, 0.15) is 6.10 Å². The van der Waals surface area contributed by atoms with E-state index in [4.69, 9.17) is 14.2 Å². The first-order chi connectivity index (χ1) is 12.7. The lowest BCUT2D eigenvalue weighted by Gasteiger charge is -2.41. The highest BCUT2D eigenvalue weighted by atomic mass is 32.1. The number of carbonyl (C=O) groups excluding carboxylic acids is 1. The Balaban J connectivity index is 1.91. The number of benzene rings is 1. The van der Waals surface area contributed by atoms with Gasteiger partial charge in [0, 0.05) is 6.54 Å². The van der Waals surface area contributed by atoms with Crippen LogP contribution >= 0.6 is 11.3 Å². The number of hydrogen-bond acceptors (Lipinski definition) is 6. The summed E-state index contributed by atoms with van der Waals surface area (Å²) in [5, 5.41) is 13.7. The van der Waals surface area contributed by atoms with Gasteiger partial charge in [0.2, 0.25) is 5.91 Å². The summed E-state index contributed by atoms with van der Waals surface area (Å²) in [6, 6.07) is 7.11. The molecule has 1 aliphatic heterocycles. The first-order valence-corrected chi connectivity index (χ1v) is 9.37. The molecule has 140 valence electrons. The number of ether oxygens (including phenoxy) is 3. The second-order valence-electron chi connectivity index (χ2n) is 6.05. The topological polar surface area (TPSA) is 68.2 Å². The number of morpholine rings is 1. The maximum atomic E-state index is 12.9. The highest BCUT2D eigenvalue weighted by Crippen LogP contribution is 2.36. The van der Waals surface area contributed by atoms with Crippen LogP contribution in [0.5, 0.6) is 11.5 Å².